The summed E-state index contributed by atoms with van der Waals surface area (Å²) in [5.41, 5.74) is 0.387. The summed E-state index contributed by atoms with van der Waals surface area (Å²) < 4.78 is 27.7. The predicted molar refractivity (Wildman–Crippen MR) is 70.1 cm³/mol. The van der Waals surface area contributed by atoms with Crippen molar-refractivity contribution in [1.29, 1.82) is 0 Å². The largest absolute Gasteiger partial charge is 0.469 e. The van der Waals surface area contributed by atoms with Crippen molar-refractivity contribution in [1.82, 2.24) is 15.2 Å². The number of H-pyrrole nitrogens is 1. The Balaban J connectivity index is 2.15. The third-order valence-corrected chi connectivity index (χ3v) is 3.39. The molecule has 9 heteroatoms. The van der Waals surface area contributed by atoms with Gasteiger partial charge in [0, 0.05) is 12.7 Å². The fourth-order valence-electron chi connectivity index (χ4n) is 1.60. The average molecular weight is 298 g/mol. The fourth-order valence-corrected chi connectivity index (χ4v) is 2.06. The van der Waals surface area contributed by atoms with Crippen molar-refractivity contribution in [3.8, 4) is 0 Å². The highest BCUT2D eigenvalue weighted by Gasteiger charge is 2.18. The zero-order valence-corrected chi connectivity index (χ0v) is 11.8. The molecule has 0 spiro atoms. The first kappa shape index (κ1) is 14.3. The normalized spacial score (nSPS) is 11.5. The average Bonchev–Trinajstić information content (AvgIpc) is 2.97. The smallest absolute Gasteiger partial charge is 0.261 e. The van der Waals surface area contributed by atoms with Crippen LogP contribution < -0.4 is 5.32 Å². The van der Waals surface area contributed by atoms with Gasteiger partial charge in [-0.2, -0.15) is 4.98 Å². The number of furan rings is 1. The zero-order chi connectivity index (χ0) is 14.8. The molecule has 2 heterocycles. The first-order valence-electron chi connectivity index (χ1n) is 5.92. The molecule has 2 rings (SSSR count). The number of hydrogen-bond donors (Lipinski definition) is 2. The molecule has 2 N–H and O–H groups in total. The van der Waals surface area contributed by atoms with E-state index >= 15 is 0 Å². The molecule has 1 amide bonds. The lowest BCUT2D eigenvalue weighted by molar-refractivity contribution is 0.102. The Kier molecular flexibility index (Phi) is 3.89. The maximum atomic E-state index is 12.0. The van der Waals surface area contributed by atoms with Gasteiger partial charge in [-0.15, -0.1) is 5.10 Å². The van der Waals surface area contributed by atoms with Crippen LogP contribution in [0.1, 0.15) is 29.5 Å². The second kappa shape index (κ2) is 5.45. The highest BCUT2D eigenvalue weighted by molar-refractivity contribution is 7.90. The number of nitrogens with zero attached hydrogens (tertiary/aromatic N) is 2. The van der Waals surface area contributed by atoms with Gasteiger partial charge in [0.1, 0.15) is 5.76 Å². The summed E-state index contributed by atoms with van der Waals surface area (Å²) in [5.74, 6) is 0.0317. The highest BCUT2D eigenvalue weighted by Crippen LogP contribution is 2.14. The summed E-state index contributed by atoms with van der Waals surface area (Å²) in [4.78, 5) is 15.7. The van der Waals surface area contributed by atoms with Crippen LogP contribution in [0.15, 0.2) is 21.9 Å². The number of rotatable bonds is 5. The van der Waals surface area contributed by atoms with Crippen LogP contribution in [-0.2, 0) is 16.3 Å². The monoisotopic (exact) mass is 298 g/mol. The Morgan fingerprint density at radius 1 is 1.50 bits per heavy atom. The van der Waals surface area contributed by atoms with Gasteiger partial charge in [-0.05, 0) is 12.5 Å². The summed E-state index contributed by atoms with van der Waals surface area (Å²) >= 11 is 0. The van der Waals surface area contributed by atoms with Crippen molar-refractivity contribution in [3.05, 3.63) is 23.7 Å². The van der Waals surface area contributed by atoms with Gasteiger partial charge in [0.25, 0.3) is 5.91 Å². The summed E-state index contributed by atoms with van der Waals surface area (Å²) in [6, 6.07) is 1.55. The van der Waals surface area contributed by atoms with E-state index in [2.05, 4.69) is 20.5 Å². The van der Waals surface area contributed by atoms with E-state index in [1.807, 2.05) is 6.92 Å². The van der Waals surface area contributed by atoms with Gasteiger partial charge in [-0.25, -0.2) is 13.5 Å². The van der Waals surface area contributed by atoms with Crippen LogP contribution in [0.3, 0.4) is 0 Å². The van der Waals surface area contributed by atoms with E-state index in [9.17, 15) is 13.2 Å². The van der Waals surface area contributed by atoms with Crippen molar-refractivity contribution in [2.24, 2.45) is 0 Å². The van der Waals surface area contributed by atoms with E-state index in [1.54, 1.807) is 6.07 Å². The molecule has 0 unspecified atom stereocenters. The van der Waals surface area contributed by atoms with Crippen LogP contribution in [0.4, 0.5) is 5.95 Å². The lowest BCUT2D eigenvalue weighted by Crippen LogP contribution is -2.14. The molecule has 0 saturated heterocycles. The third kappa shape index (κ3) is 3.05. The van der Waals surface area contributed by atoms with Crippen molar-refractivity contribution in [2.75, 3.05) is 11.6 Å². The second-order valence-corrected chi connectivity index (χ2v) is 6.13. The molecule has 0 saturated carbocycles. The van der Waals surface area contributed by atoms with Gasteiger partial charge < -0.3 is 4.42 Å². The number of nitrogens with one attached hydrogen (secondary N) is 2. The Hall–Kier alpha value is -2.16. The Morgan fingerprint density at radius 2 is 2.25 bits per heavy atom. The molecule has 0 aliphatic heterocycles. The lowest BCUT2D eigenvalue weighted by Gasteiger charge is -2.00. The molecule has 0 radical (unpaired) electrons. The molecule has 2 aromatic rings. The van der Waals surface area contributed by atoms with Crippen LogP contribution in [0.25, 0.3) is 0 Å². The van der Waals surface area contributed by atoms with Crippen LogP contribution in [0.2, 0.25) is 0 Å². The molecule has 2 aromatic heterocycles. The molecule has 0 atom stereocenters. The summed E-state index contributed by atoms with van der Waals surface area (Å²) in [6.07, 6.45) is 3.90. The molecule has 108 valence electrons. The number of sulfone groups is 1. The molecule has 0 aliphatic carbocycles. The van der Waals surface area contributed by atoms with E-state index in [1.165, 1.54) is 6.26 Å². The first-order valence-corrected chi connectivity index (χ1v) is 7.81. The van der Waals surface area contributed by atoms with Crippen LogP contribution in [-0.4, -0.2) is 35.8 Å². The van der Waals surface area contributed by atoms with Crippen molar-refractivity contribution >= 4 is 21.7 Å². The van der Waals surface area contributed by atoms with E-state index in [0.717, 1.165) is 12.7 Å². The summed E-state index contributed by atoms with van der Waals surface area (Å²) in [5, 5.41) is 8.00. The minimum atomic E-state index is -3.49. The van der Waals surface area contributed by atoms with E-state index in [4.69, 9.17) is 4.42 Å². The van der Waals surface area contributed by atoms with Gasteiger partial charge >= 0.3 is 0 Å². The van der Waals surface area contributed by atoms with E-state index in [-0.39, 0.29) is 11.1 Å². The van der Waals surface area contributed by atoms with Gasteiger partial charge in [0.2, 0.25) is 20.9 Å². The summed E-state index contributed by atoms with van der Waals surface area (Å²) in [6.45, 7) is 1.97. The Bertz CT molecular complexity index is 716. The molecular formula is C11H14N4O4S. The van der Waals surface area contributed by atoms with Crippen molar-refractivity contribution < 1.29 is 17.6 Å². The van der Waals surface area contributed by atoms with Gasteiger partial charge in [0.15, 0.2) is 0 Å². The van der Waals surface area contributed by atoms with Crippen LogP contribution in [0, 0.1) is 0 Å². The highest BCUT2D eigenvalue weighted by atomic mass is 32.2. The second-order valence-electron chi connectivity index (χ2n) is 4.20. The molecule has 0 aromatic carbocycles. The third-order valence-electron chi connectivity index (χ3n) is 2.51. The molecule has 0 aliphatic rings. The first-order chi connectivity index (χ1) is 9.41. The number of amides is 1. The minimum Gasteiger partial charge on any atom is -0.469 e. The Morgan fingerprint density at radius 3 is 2.85 bits per heavy atom. The number of hydrogen-bond acceptors (Lipinski definition) is 6. The van der Waals surface area contributed by atoms with E-state index < -0.39 is 15.7 Å². The molecular weight excluding hydrogens is 284 g/mol. The predicted octanol–water partition coefficient (Wildman–Crippen LogP) is 1.01. The number of anilines is 1. The topological polar surface area (TPSA) is 118 Å². The SMILES string of the molecule is CCCc1occc1C(=O)Nc1n[nH]c(S(C)(=O)=O)n1. The van der Waals surface area contributed by atoms with Gasteiger partial charge in [-0.1, -0.05) is 6.92 Å². The standard InChI is InChI=1S/C11H14N4O4S/c1-3-4-8-7(5-6-19-8)9(16)12-10-13-11(15-14-10)20(2,17)18/h5-6H,3-4H2,1-2H3,(H2,12,13,14,15,16). The van der Waals surface area contributed by atoms with Crippen molar-refractivity contribution in [3.63, 3.8) is 0 Å². The van der Waals surface area contributed by atoms with Crippen molar-refractivity contribution in [2.45, 2.75) is 24.9 Å². The van der Waals surface area contributed by atoms with Crippen LogP contribution >= 0.6 is 0 Å². The molecule has 0 fully saturated rings. The molecule has 0 bridgehead atoms. The number of aryl methyl sites for hydroxylation is 1. The Labute approximate surface area is 115 Å². The number of aromatic nitrogens is 3. The van der Waals surface area contributed by atoms with Gasteiger partial charge in [-0.3, -0.25) is 10.1 Å². The van der Waals surface area contributed by atoms with Gasteiger partial charge in [0.05, 0.1) is 11.8 Å². The zero-order valence-electron chi connectivity index (χ0n) is 11.0. The minimum absolute atomic E-state index is 0.0981. The van der Waals surface area contributed by atoms with Crippen LogP contribution in [0.5, 0.6) is 0 Å². The lowest BCUT2D eigenvalue weighted by atomic mass is 10.1. The number of carbonyl (C=O) groups excluding carboxylic acids is 1. The number of carbonyl (C=O) groups is 1. The fraction of sp³-hybridized carbons (Fsp3) is 0.364. The quantitative estimate of drug-likeness (QED) is 0.850. The summed E-state index contributed by atoms with van der Waals surface area (Å²) in [7, 11) is -3.49. The molecule has 8 nitrogen and oxygen atoms in total. The number of aromatic amines is 1. The maximum Gasteiger partial charge on any atom is 0.261 e. The van der Waals surface area contributed by atoms with E-state index in [0.29, 0.717) is 17.7 Å². The molecule has 20 heavy (non-hydrogen) atoms. The maximum absolute atomic E-state index is 12.0.